The average Bonchev–Trinajstić information content (AvgIpc) is 2.63. The lowest BCUT2D eigenvalue weighted by Gasteiger charge is -2.26. The molecule has 25 heavy (non-hydrogen) atoms. The van der Waals surface area contributed by atoms with Crippen molar-refractivity contribution in [3.05, 3.63) is 17.7 Å². The van der Waals surface area contributed by atoms with Crippen LogP contribution in [0.3, 0.4) is 0 Å². The highest BCUT2D eigenvalue weighted by Gasteiger charge is 2.23. The number of methoxy groups -OCH3 is 2. The molecule has 5 N–H and O–H groups in total. The Hall–Kier alpha value is -2.48. The molecule has 2 amide bonds. The van der Waals surface area contributed by atoms with E-state index in [0.717, 1.165) is 12.8 Å². The molecule has 0 aliphatic heterocycles. The molecule has 1 aromatic carbocycles. The molecule has 1 rings (SSSR count). The number of hydrogen-bond donors (Lipinski definition) is 3. The van der Waals surface area contributed by atoms with E-state index in [0.29, 0.717) is 12.1 Å². The topological polar surface area (TPSA) is 126 Å². The highest BCUT2D eigenvalue weighted by molar-refractivity contribution is 5.95. The van der Waals surface area contributed by atoms with Gasteiger partial charge in [0, 0.05) is 17.6 Å². The van der Waals surface area contributed by atoms with Crippen molar-refractivity contribution in [2.75, 3.05) is 27.4 Å². The fourth-order valence-corrected chi connectivity index (χ4v) is 2.15. The molecule has 0 aromatic heterocycles. The standard InChI is InChI=1S/C17H27N3O5/c1-5-17(19,6-2)10-20-16(22)11-7-12(23-3)15(13(8-11)24-4)25-9-14(18)21/h7-8H,5-6,9-10,19H2,1-4H3,(H2,18,21)(H,20,22). The molecule has 0 unspecified atom stereocenters. The fraction of sp³-hybridized carbons (Fsp3) is 0.529. The Balaban J connectivity index is 3.04. The van der Waals surface area contributed by atoms with Gasteiger partial charge in [0.05, 0.1) is 14.2 Å². The van der Waals surface area contributed by atoms with E-state index in [1.165, 1.54) is 26.4 Å². The Morgan fingerprint density at radius 2 is 1.64 bits per heavy atom. The predicted octanol–water partition coefficient (Wildman–Crippen LogP) is 0.815. The van der Waals surface area contributed by atoms with Crippen molar-refractivity contribution in [2.45, 2.75) is 32.2 Å². The van der Waals surface area contributed by atoms with Crippen LogP contribution >= 0.6 is 0 Å². The summed E-state index contributed by atoms with van der Waals surface area (Å²) in [6.45, 7) is 3.98. The van der Waals surface area contributed by atoms with Gasteiger partial charge >= 0.3 is 0 Å². The van der Waals surface area contributed by atoms with E-state index in [1.54, 1.807) is 0 Å². The minimum Gasteiger partial charge on any atom is -0.493 e. The maximum absolute atomic E-state index is 12.4. The second-order valence-electron chi connectivity index (χ2n) is 5.72. The monoisotopic (exact) mass is 353 g/mol. The highest BCUT2D eigenvalue weighted by Crippen LogP contribution is 2.38. The van der Waals surface area contributed by atoms with Crippen LogP contribution in [0.2, 0.25) is 0 Å². The number of carbonyl (C=O) groups is 2. The first-order chi connectivity index (χ1) is 11.8. The quantitative estimate of drug-likeness (QED) is 0.571. The van der Waals surface area contributed by atoms with Gasteiger partial charge in [-0.3, -0.25) is 9.59 Å². The molecule has 8 nitrogen and oxygen atoms in total. The van der Waals surface area contributed by atoms with Crippen molar-refractivity contribution in [3.63, 3.8) is 0 Å². The molecule has 0 atom stereocenters. The number of rotatable bonds is 10. The van der Waals surface area contributed by atoms with E-state index < -0.39 is 11.4 Å². The number of nitrogens with two attached hydrogens (primary N) is 2. The summed E-state index contributed by atoms with van der Waals surface area (Å²) >= 11 is 0. The first-order valence-electron chi connectivity index (χ1n) is 8.04. The average molecular weight is 353 g/mol. The molecule has 0 spiro atoms. The molecule has 1 aromatic rings. The molecule has 0 fully saturated rings. The third kappa shape index (κ3) is 5.53. The third-order valence-electron chi connectivity index (χ3n) is 4.09. The van der Waals surface area contributed by atoms with Gasteiger partial charge in [-0.1, -0.05) is 13.8 Å². The number of hydrogen-bond acceptors (Lipinski definition) is 6. The molecule has 0 aliphatic rings. The van der Waals surface area contributed by atoms with Crippen molar-refractivity contribution < 1.29 is 23.8 Å². The van der Waals surface area contributed by atoms with Crippen molar-refractivity contribution >= 4 is 11.8 Å². The second-order valence-corrected chi connectivity index (χ2v) is 5.72. The number of benzene rings is 1. The molecule has 0 heterocycles. The van der Waals surface area contributed by atoms with Crippen LogP contribution < -0.4 is 31.0 Å². The predicted molar refractivity (Wildman–Crippen MR) is 94.1 cm³/mol. The van der Waals surface area contributed by atoms with Gasteiger partial charge in [0.25, 0.3) is 11.8 Å². The van der Waals surface area contributed by atoms with E-state index in [9.17, 15) is 9.59 Å². The Kier molecular flexibility index (Phi) is 7.50. The molecule has 0 radical (unpaired) electrons. The lowest BCUT2D eigenvalue weighted by Crippen LogP contribution is -2.49. The van der Waals surface area contributed by atoms with Crippen LogP contribution in [0.25, 0.3) is 0 Å². The number of nitrogens with one attached hydrogen (secondary N) is 1. The van der Waals surface area contributed by atoms with Gasteiger partial charge in [0.2, 0.25) is 5.75 Å². The zero-order valence-corrected chi connectivity index (χ0v) is 15.2. The largest absolute Gasteiger partial charge is 0.493 e. The van der Waals surface area contributed by atoms with Gasteiger partial charge < -0.3 is 31.0 Å². The van der Waals surface area contributed by atoms with Crippen LogP contribution in [0.15, 0.2) is 12.1 Å². The van der Waals surface area contributed by atoms with Crippen LogP contribution in [-0.2, 0) is 4.79 Å². The number of primary amides is 1. The van der Waals surface area contributed by atoms with Gasteiger partial charge in [0.15, 0.2) is 18.1 Å². The van der Waals surface area contributed by atoms with Gasteiger partial charge in [-0.2, -0.15) is 0 Å². The summed E-state index contributed by atoms with van der Waals surface area (Å²) in [7, 11) is 2.85. The molecule has 0 saturated carbocycles. The first-order valence-corrected chi connectivity index (χ1v) is 8.04. The van der Waals surface area contributed by atoms with Crippen molar-refractivity contribution in [1.82, 2.24) is 5.32 Å². The molecule has 0 bridgehead atoms. The maximum Gasteiger partial charge on any atom is 0.255 e. The van der Waals surface area contributed by atoms with E-state index in [4.69, 9.17) is 25.7 Å². The lowest BCUT2D eigenvalue weighted by atomic mass is 9.94. The zero-order chi connectivity index (χ0) is 19.0. The Morgan fingerprint density at radius 3 is 2.04 bits per heavy atom. The van der Waals surface area contributed by atoms with E-state index in [-0.39, 0.29) is 29.8 Å². The van der Waals surface area contributed by atoms with Crippen LogP contribution in [0, 0.1) is 0 Å². The number of ether oxygens (including phenoxy) is 3. The summed E-state index contributed by atoms with van der Waals surface area (Å²) in [5, 5.41) is 2.82. The van der Waals surface area contributed by atoms with Gasteiger partial charge in [-0.15, -0.1) is 0 Å². The van der Waals surface area contributed by atoms with Crippen molar-refractivity contribution in [2.24, 2.45) is 11.5 Å². The normalized spacial score (nSPS) is 10.9. The van der Waals surface area contributed by atoms with Gasteiger partial charge in [-0.05, 0) is 25.0 Å². The van der Waals surface area contributed by atoms with Crippen molar-refractivity contribution in [1.29, 1.82) is 0 Å². The Labute approximate surface area is 147 Å². The smallest absolute Gasteiger partial charge is 0.255 e. The summed E-state index contributed by atoms with van der Waals surface area (Å²) in [6, 6.07) is 3.01. The summed E-state index contributed by atoms with van der Waals surface area (Å²) in [4.78, 5) is 23.4. The van der Waals surface area contributed by atoms with E-state index in [1.807, 2.05) is 13.8 Å². The van der Waals surface area contributed by atoms with Crippen LogP contribution in [0.5, 0.6) is 17.2 Å². The minimum absolute atomic E-state index is 0.204. The summed E-state index contributed by atoms with van der Waals surface area (Å²) < 4.78 is 15.8. The van der Waals surface area contributed by atoms with Gasteiger partial charge in [0.1, 0.15) is 0 Å². The molecule has 140 valence electrons. The Bertz CT molecular complexity index is 589. The molecular weight excluding hydrogens is 326 g/mol. The summed E-state index contributed by atoms with van der Waals surface area (Å²) in [5.74, 6) is -0.221. The highest BCUT2D eigenvalue weighted by atomic mass is 16.5. The fourth-order valence-electron chi connectivity index (χ4n) is 2.15. The molecule has 8 heteroatoms. The van der Waals surface area contributed by atoms with E-state index >= 15 is 0 Å². The minimum atomic E-state index is -0.635. The van der Waals surface area contributed by atoms with Crippen LogP contribution in [0.4, 0.5) is 0 Å². The maximum atomic E-state index is 12.4. The Morgan fingerprint density at radius 1 is 1.12 bits per heavy atom. The summed E-state index contributed by atoms with van der Waals surface area (Å²) in [5.41, 5.74) is 11.2. The number of carbonyl (C=O) groups excluding carboxylic acids is 2. The second kappa shape index (κ2) is 9.12. The van der Waals surface area contributed by atoms with Gasteiger partial charge in [-0.25, -0.2) is 0 Å². The zero-order valence-electron chi connectivity index (χ0n) is 15.2. The molecule has 0 aliphatic carbocycles. The SMILES string of the molecule is CCC(N)(CC)CNC(=O)c1cc(OC)c(OCC(N)=O)c(OC)c1. The summed E-state index contributed by atoms with van der Waals surface area (Å²) in [6.07, 6.45) is 1.49. The number of amides is 2. The third-order valence-corrected chi connectivity index (χ3v) is 4.09. The molecule has 0 saturated heterocycles. The van der Waals surface area contributed by atoms with Crippen LogP contribution in [0.1, 0.15) is 37.0 Å². The van der Waals surface area contributed by atoms with Crippen LogP contribution in [-0.4, -0.2) is 44.7 Å². The van der Waals surface area contributed by atoms with E-state index in [2.05, 4.69) is 5.32 Å². The molecular formula is C17H27N3O5. The lowest BCUT2D eigenvalue weighted by molar-refractivity contribution is -0.120. The first kappa shape index (κ1) is 20.6. The van der Waals surface area contributed by atoms with Crippen molar-refractivity contribution in [3.8, 4) is 17.2 Å².